The molecule has 1 heterocycles. The van der Waals surface area contributed by atoms with Crippen LogP contribution in [0.2, 0.25) is 0 Å². The van der Waals surface area contributed by atoms with Crippen molar-refractivity contribution in [3.05, 3.63) is 24.3 Å². The number of carbonyl (C=O) groups is 2. The van der Waals surface area contributed by atoms with Crippen LogP contribution in [0, 0.1) is 11.8 Å². The monoisotopic (exact) mass is 342 g/mol. The minimum absolute atomic E-state index is 0. The fourth-order valence-electron chi connectivity index (χ4n) is 2.12. The first kappa shape index (κ1) is 19.3. The average molecular weight is 343 g/mol. The van der Waals surface area contributed by atoms with Gasteiger partial charge in [0.1, 0.15) is 5.75 Å². The lowest BCUT2D eigenvalue weighted by Crippen LogP contribution is -2.48. The summed E-state index contributed by atoms with van der Waals surface area (Å²) in [6.45, 7) is 4.03. The zero-order valence-corrected chi connectivity index (χ0v) is 14.2. The summed E-state index contributed by atoms with van der Waals surface area (Å²) in [7, 11) is 1.35. The molecule has 2 rings (SSSR count). The van der Waals surface area contributed by atoms with E-state index in [0.717, 1.165) is 18.8 Å². The Balaban J connectivity index is 0.00000264. The van der Waals surface area contributed by atoms with Crippen LogP contribution in [-0.2, 0) is 14.3 Å². The van der Waals surface area contributed by atoms with E-state index in [1.807, 2.05) is 6.92 Å². The molecule has 0 aromatic heterocycles. The highest BCUT2D eigenvalue weighted by Gasteiger charge is 2.28. The smallest absolute Gasteiger partial charge is 0.308 e. The van der Waals surface area contributed by atoms with Crippen LogP contribution in [0.15, 0.2) is 24.3 Å². The number of nitrogens with one attached hydrogen (secondary N) is 2. The Kier molecular flexibility index (Phi) is 7.85. The standard InChI is InChI=1S/C16H22N2O4.ClH/c1-11(12-9-17-10-12)16(20)18-13-3-5-14(6-4-13)22-8-7-15(19)21-2;/h3-6,11-12,17H,7-10H2,1-2H3,(H,18,20);1H. The molecule has 1 aliphatic rings. The molecule has 1 aliphatic heterocycles. The first-order valence-electron chi connectivity index (χ1n) is 7.41. The van der Waals surface area contributed by atoms with Crippen LogP contribution >= 0.6 is 12.4 Å². The molecule has 0 bridgehead atoms. The van der Waals surface area contributed by atoms with Gasteiger partial charge in [-0.3, -0.25) is 9.59 Å². The van der Waals surface area contributed by atoms with Crippen LogP contribution in [-0.4, -0.2) is 38.7 Å². The van der Waals surface area contributed by atoms with Crippen LogP contribution in [0.1, 0.15) is 13.3 Å². The minimum Gasteiger partial charge on any atom is -0.493 e. The van der Waals surface area contributed by atoms with Gasteiger partial charge in [0.05, 0.1) is 20.1 Å². The van der Waals surface area contributed by atoms with Crippen molar-refractivity contribution in [3.63, 3.8) is 0 Å². The van der Waals surface area contributed by atoms with Gasteiger partial charge in [0.15, 0.2) is 0 Å². The quantitative estimate of drug-likeness (QED) is 0.739. The second-order valence-electron chi connectivity index (χ2n) is 5.40. The molecule has 1 aromatic rings. The van der Waals surface area contributed by atoms with E-state index in [4.69, 9.17) is 4.74 Å². The predicted octanol–water partition coefficient (Wildman–Crippen LogP) is 1.84. The number of benzene rings is 1. The summed E-state index contributed by atoms with van der Waals surface area (Å²) in [4.78, 5) is 23.1. The van der Waals surface area contributed by atoms with Crippen molar-refractivity contribution in [2.45, 2.75) is 13.3 Å². The van der Waals surface area contributed by atoms with Crippen LogP contribution in [0.5, 0.6) is 5.75 Å². The van der Waals surface area contributed by atoms with Crippen molar-refractivity contribution in [3.8, 4) is 5.75 Å². The van der Waals surface area contributed by atoms with E-state index >= 15 is 0 Å². The number of anilines is 1. The lowest BCUT2D eigenvalue weighted by atomic mass is 9.88. The number of hydrogen-bond donors (Lipinski definition) is 2. The molecule has 1 atom stereocenters. The molecular weight excluding hydrogens is 320 g/mol. The van der Waals surface area contributed by atoms with Crippen molar-refractivity contribution in [2.75, 3.05) is 32.1 Å². The maximum absolute atomic E-state index is 12.1. The molecule has 7 heteroatoms. The maximum Gasteiger partial charge on any atom is 0.308 e. The number of methoxy groups -OCH3 is 1. The van der Waals surface area contributed by atoms with E-state index < -0.39 is 0 Å². The Morgan fingerprint density at radius 1 is 1.30 bits per heavy atom. The van der Waals surface area contributed by atoms with Gasteiger partial charge in [0, 0.05) is 11.6 Å². The normalized spacial score (nSPS) is 14.9. The van der Waals surface area contributed by atoms with Gasteiger partial charge in [-0.2, -0.15) is 0 Å². The molecule has 1 unspecified atom stereocenters. The molecule has 2 N–H and O–H groups in total. The van der Waals surface area contributed by atoms with E-state index in [9.17, 15) is 9.59 Å². The maximum atomic E-state index is 12.1. The molecule has 6 nitrogen and oxygen atoms in total. The summed E-state index contributed by atoms with van der Waals surface area (Å²) in [5.74, 6) is 0.797. The Morgan fingerprint density at radius 2 is 1.96 bits per heavy atom. The summed E-state index contributed by atoms with van der Waals surface area (Å²) < 4.78 is 9.96. The van der Waals surface area contributed by atoms with Gasteiger partial charge in [-0.25, -0.2) is 0 Å². The summed E-state index contributed by atoms with van der Waals surface area (Å²) in [6, 6.07) is 7.11. The van der Waals surface area contributed by atoms with Crippen LogP contribution < -0.4 is 15.4 Å². The molecule has 0 radical (unpaired) electrons. The number of hydrogen-bond acceptors (Lipinski definition) is 5. The molecule has 128 valence electrons. The minimum atomic E-state index is -0.302. The van der Waals surface area contributed by atoms with Crippen molar-refractivity contribution < 1.29 is 19.1 Å². The third-order valence-corrected chi connectivity index (χ3v) is 3.86. The second-order valence-corrected chi connectivity index (χ2v) is 5.40. The molecule has 0 spiro atoms. The SMILES string of the molecule is COC(=O)CCOc1ccc(NC(=O)C(C)C2CNC2)cc1.Cl. The summed E-state index contributed by atoms with van der Waals surface area (Å²) in [5, 5.41) is 6.08. The topological polar surface area (TPSA) is 76.7 Å². The molecular formula is C16H23ClN2O4. The van der Waals surface area contributed by atoms with Crippen LogP contribution in [0.3, 0.4) is 0 Å². The van der Waals surface area contributed by atoms with Crippen LogP contribution in [0.25, 0.3) is 0 Å². The zero-order valence-electron chi connectivity index (χ0n) is 13.3. The van der Waals surface area contributed by atoms with Gasteiger partial charge in [0.25, 0.3) is 0 Å². The van der Waals surface area contributed by atoms with Crippen molar-refractivity contribution in [1.82, 2.24) is 5.32 Å². The third kappa shape index (κ3) is 5.73. The Bertz CT molecular complexity index is 517. The molecule has 23 heavy (non-hydrogen) atoms. The number of esters is 1. The fraction of sp³-hybridized carbons (Fsp3) is 0.500. The Hall–Kier alpha value is -1.79. The molecule has 1 saturated heterocycles. The Morgan fingerprint density at radius 3 is 2.48 bits per heavy atom. The molecule has 1 fully saturated rings. The van der Waals surface area contributed by atoms with E-state index in [1.54, 1.807) is 24.3 Å². The van der Waals surface area contributed by atoms with Gasteiger partial charge in [-0.05, 0) is 43.3 Å². The number of rotatable bonds is 7. The number of amides is 1. The number of ether oxygens (including phenoxy) is 2. The van der Waals surface area contributed by atoms with Crippen molar-refractivity contribution in [2.24, 2.45) is 11.8 Å². The van der Waals surface area contributed by atoms with E-state index in [-0.39, 0.29) is 43.2 Å². The third-order valence-electron chi connectivity index (χ3n) is 3.86. The molecule has 0 aliphatic carbocycles. The summed E-state index contributed by atoms with van der Waals surface area (Å²) >= 11 is 0. The highest BCUT2D eigenvalue weighted by Crippen LogP contribution is 2.20. The molecule has 0 saturated carbocycles. The van der Waals surface area contributed by atoms with E-state index in [1.165, 1.54) is 7.11 Å². The van der Waals surface area contributed by atoms with Crippen LogP contribution in [0.4, 0.5) is 5.69 Å². The first-order chi connectivity index (χ1) is 10.6. The number of carbonyl (C=O) groups excluding carboxylic acids is 2. The van der Waals surface area contributed by atoms with Crippen molar-refractivity contribution in [1.29, 1.82) is 0 Å². The van der Waals surface area contributed by atoms with E-state index in [0.29, 0.717) is 11.7 Å². The van der Waals surface area contributed by atoms with Gasteiger partial charge < -0.3 is 20.1 Å². The highest BCUT2D eigenvalue weighted by molar-refractivity contribution is 5.92. The zero-order chi connectivity index (χ0) is 15.9. The lowest BCUT2D eigenvalue weighted by molar-refractivity contribution is -0.141. The Labute approximate surface area is 142 Å². The predicted molar refractivity (Wildman–Crippen MR) is 90.0 cm³/mol. The lowest BCUT2D eigenvalue weighted by Gasteiger charge is -2.31. The molecule has 1 aromatic carbocycles. The highest BCUT2D eigenvalue weighted by atomic mass is 35.5. The van der Waals surface area contributed by atoms with E-state index in [2.05, 4.69) is 15.4 Å². The van der Waals surface area contributed by atoms with Gasteiger partial charge in [-0.15, -0.1) is 12.4 Å². The number of halogens is 1. The fourth-order valence-corrected chi connectivity index (χ4v) is 2.12. The second kappa shape index (κ2) is 9.37. The molecule has 1 amide bonds. The average Bonchev–Trinajstić information content (AvgIpc) is 2.47. The van der Waals surface area contributed by atoms with Gasteiger partial charge in [0.2, 0.25) is 5.91 Å². The first-order valence-corrected chi connectivity index (χ1v) is 7.41. The largest absolute Gasteiger partial charge is 0.493 e. The van der Waals surface area contributed by atoms with Gasteiger partial charge in [-0.1, -0.05) is 6.92 Å². The van der Waals surface area contributed by atoms with Crippen molar-refractivity contribution >= 4 is 30.0 Å². The van der Waals surface area contributed by atoms with Gasteiger partial charge >= 0.3 is 5.97 Å². The summed E-state index contributed by atoms with van der Waals surface area (Å²) in [5.41, 5.74) is 0.740. The summed E-state index contributed by atoms with van der Waals surface area (Å²) in [6.07, 6.45) is 0.210.